The fourth-order valence-electron chi connectivity index (χ4n) is 3.83. The predicted molar refractivity (Wildman–Crippen MR) is 105 cm³/mol. The van der Waals surface area contributed by atoms with Crippen LogP contribution in [0.4, 0.5) is 5.69 Å². The third-order valence-corrected chi connectivity index (χ3v) is 5.32. The zero-order valence-corrected chi connectivity index (χ0v) is 15.4. The van der Waals surface area contributed by atoms with Crippen molar-refractivity contribution in [2.24, 2.45) is 0 Å². The highest BCUT2D eigenvalue weighted by molar-refractivity contribution is 6.02. The highest BCUT2D eigenvalue weighted by atomic mass is 16.5. The second-order valence-corrected chi connectivity index (χ2v) is 7.18. The number of benzene rings is 2. The first kappa shape index (κ1) is 17.9. The quantitative estimate of drug-likeness (QED) is 0.899. The number of ether oxygens (including phenoxy) is 1. The van der Waals surface area contributed by atoms with Crippen LogP contribution in [0.3, 0.4) is 0 Å². The number of amides is 2. The number of hydrogen-bond acceptors (Lipinski definition) is 4. The van der Waals surface area contributed by atoms with Crippen molar-refractivity contribution in [2.45, 2.75) is 18.9 Å². The molecule has 2 saturated heterocycles. The zero-order valence-electron chi connectivity index (χ0n) is 15.4. The molecule has 2 amide bonds. The fraction of sp³-hybridized carbons (Fsp3) is 0.429. The number of carbonyl (C=O) groups excluding carboxylic acids is 2. The van der Waals surface area contributed by atoms with E-state index in [4.69, 9.17) is 4.74 Å². The molecule has 2 aromatic rings. The maximum Gasteiger partial charge on any atom is 0.251 e. The summed E-state index contributed by atoms with van der Waals surface area (Å²) in [5.41, 5.74) is 0.838. The van der Waals surface area contributed by atoms with Gasteiger partial charge in [-0.05, 0) is 24.3 Å². The first-order valence-electron chi connectivity index (χ1n) is 9.61. The molecule has 6 nitrogen and oxygen atoms in total. The van der Waals surface area contributed by atoms with Gasteiger partial charge in [0.05, 0.1) is 6.54 Å². The summed E-state index contributed by atoms with van der Waals surface area (Å²) in [6, 6.07) is 13.9. The van der Waals surface area contributed by atoms with Crippen molar-refractivity contribution in [2.75, 3.05) is 44.6 Å². The highest BCUT2D eigenvalue weighted by Crippen LogP contribution is 2.23. The minimum atomic E-state index is -0.258. The SMILES string of the molecule is O=C(CN1CCN(C(=O)[C@@H]2CCCO2)CC1)Nc1cccc2ccccc12. The number of hydrogen-bond donors (Lipinski definition) is 1. The molecule has 0 spiro atoms. The smallest absolute Gasteiger partial charge is 0.251 e. The first-order valence-corrected chi connectivity index (χ1v) is 9.61. The molecule has 1 N–H and O–H groups in total. The number of fused-ring (bicyclic) bond motifs is 1. The first-order chi connectivity index (χ1) is 13.2. The van der Waals surface area contributed by atoms with Gasteiger partial charge in [-0.3, -0.25) is 14.5 Å². The van der Waals surface area contributed by atoms with E-state index in [0.717, 1.165) is 29.3 Å². The second-order valence-electron chi connectivity index (χ2n) is 7.18. The van der Waals surface area contributed by atoms with Gasteiger partial charge in [0.2, 0.25) is 5.91 Å². The predicted octanol–water partition coefficient (Wildman–Crippen LogP) is 2.10. The van der Waals surface area contributed by atoms with Crippen molar-refractivity contribution in [1.29, 1.82) is 0 Å². The van der Waals surface area contributed by atoms with Crippen molar-refractivity contribution >= 4 is 28.3 Å². The van der Waals surface area contributed by atoms with E-state index >= 15 is 0 Å². The molecule has 0 bridgehead atoms. The van der Waals surface area contributed by atoms with E-state index in [2.05, 4.69) is 10.2 Å². The molecule has 0 aliphatic carbocycles. The summed E-state index contributed by atoms with van der Waals surface area (Å²) in [5.74, 6) is 0.0811. The van der Waals surface area contributed by atoms with Crippen LogP contribution >= 0.6 is 0 Å². The Bertz CT molecular complexity index is 819. The fourth-order valence-corrected chi connectivity index (χ4v) is 3.83. The summed E-state index contributed by atoms with van der Waals surface area (Å²) in [6.07, 6.45) is 1.53. The maximum atomic E-state index is 12.5. The summed E-state index contributed by atoms with van der Waals surface area (Å²) in [5, 5.41) is 5.18. The Morgan fingerprint density at radius 3 is 2.59 bits per heavy atom. The molecule has 27 heavy (non-hydrogen) atoms. The summed E-state index contributed by atoms with van der Waals surface area (Å²) in [6.45, 7) is 3.75. The molecule has 0 saturated carbocycles. The van der Waals surface area contributed by atoms with E-state index in [-0.39, 0.29) is 17.9 Å². The van der Waals surface area contributed by atoms with Gasteiger partial charge in [-0.15, -0.1) is 0 Å². The van der Waals surface area contributed by atoms with E-state index in [1.54, 1.807) is 0 Å². The minimum absolute atomic E-state index is 0.0229. The van der Waals surface area contributed by atoms with Gasteiger partial charge in [0.15, 0.2) is 0 Å². The van der Waals surface area contributed by atoms with E-state index in [9.17, 15) is 9.59 Å². The molecule has 2 aromatic carbocycles. The number of nitrogens with one attached hydrogen (secondary N) is 1. The lowest BCUT2D eigenvalue weighted by Gasteiger charge is -2.35. The Morgan fingerprint density at radius 2 is 1.81 bits per heavy atom. The molecule has 2 aliphatic rings. The van der Waals surface area contributed by atoms with E-state index < -0.39 is 0 Å². The molecule has 2 heterocycles. The minimum Gasteiger partial charge on any atom is -0.368 e. The highest BCUT2D eigenvalue weighted by Gasteiger charge is 2.30. The molecule has 6 heteroatoms. The molecule has 4 rings (SSSR count). The third kappa shape index (κ3) is 4.12. The summed E-state index contributed by atoms with van der Waals surface area (Å²) in [7, 11) is 0. The monoisotopic (exact) mass is 367 g/mol. The molecule has 2 aliphatic heterocycles. The van der Waals surface area contributed by atoms with Gasteiger partial charge in [0.25, 0.3) is 5.91 Å². The Labute approximate surface area is 159 Å². The van der Waals surface area contributed by atoms with Crippen LogP contribution in [0.15, 0.2) is 42.5 Å². The summed E-state index contributed by atoms with van der Waals surface area (Å²) >= 11 is 0. The van der Waals surface area contributed by atoms with Crippen molar-refractivity contribution in [3.05, 3.63) is 42.5 Å². The van der Waals surface area contributed by atoms with Crippen LogP contribution in [-0.2, 0) is 14.3 Å². The van der Waals surface area contributed by atoms with Gasteiger partial charge in [-0.25, -0.2) is 0 Å². The Morgan fingerprint density at radius 1 is 1.04 bits per heavy atom. The molecule has 0 unspecified atom stereocenters. The summed E-state index contributed by atoms with van der Waals surface area (Å²) < 4.78 is 5.49. The number of anilines is 1. The van der Waals surface area contributed by atoms with Gasteiger partial charge in [-0.2, -0.15) is 0 Å². The van der Waals surface area contributed by atoms with Crippen molar-refractivity contribution in [3.63, 3.8) is 0 Å². The lowest BCUT2D eigenvalue weighted by molar-refractivity contribution is -0.142. The van der Waals surface area contributed by atoms with Gasteiger partial charge in [0.1, 0.15) is 6.10 Å². The number of nitrogens with zero attached hydrogens (tertiary/aromatic N) is 2. The largest absolute Gasteiger partial charge is 0.368 e. The number of rotatable bonds is 4. The standard InChI is InChI=1S/C21H25N3O3/c25-20(22-18-8-3-6-16-5-1-2-7-17(16)18)15-23-10-12-24(13-11-23)21(26)19-9-4-14-27-19/h1-3,5-8,19H,4,9-15H2,(H,22,25)/t19-/m0/s1. The normalized spacial score (nSPS) is 20.7. The Hall–Kier alpha value is -2.44. The molecule has 142 valence electrons. The Kier molecular flexibility index (Phi) is 5.36. The van der Waals surface area contributed by atoms with Crippen LogP contribution < -0.4 is 5.32 Å². The van der Waals surface area contributed by atoms with Gasteiger partial charge >= 0.3 is 0 Å². The number of carbonyl (C=O) groups is 2. The van der Waals surface area contributed by atoms with Crippen LogP contribution in [-0.4, -0.2) is 67.0 Å². The van der Waals surface area contributed by atoms with E-state index in [1.165, 1.54) is 0 Å². The lowest BCUT2D eigenvalue weighted by Crippen LogP contribution is -2.52. The van der Waals surface area contributed by atoms with Crippen molar-refractivity contribution in [3.8, 4) is 0 Å². The molecule has 0 radical (unpaired) electrons. The molecule has 2 fully saturated rings. The third-order valence-electron chi connectivity index (χ3n) is 5.32. The van der Waals surface area contributed by atoms with Crippen LogP contribution in [0.2, 0.25) is 0 Å². The van der Waals surface area contributed by atoms with Gasteiger partial charge in [0, 0.05) is 43.9 Å². The van der Waals surface area contributed by atoms with E-state index in [0.29, 0.717) is 39.3 Å². The Balaban J connectivity index is 1.30. The second kappa shape index (κ2) is 8.06. The van der Waals surface area contributed by atoms with Crippen molar-refractivity contribution < 1.29 is 14.3 Å². The molecule has 1 atom stereocenters. The van der Waals surface area contributed by atoms with Crippen LogP contribution in [0, 0.1) is 0 Å². The van der Waals surface area contributed by atoms with Crippen molar-refractivity contribution in [1.82, 2.24) is 9.80 Å². The molecular formula is C21H25N3O3. The van der Waals surface area contributed by atoms with Crippen LogP contribution in [0.5, 0.6) is 0 Å². The number of piperazine rings is 1. The van der Waals surface area contributed by atoms with E-state index in [1.807, 2.05) is 47.4 Å². The average Bonchev–Trinajstić information content (AvgIpc) is 3.23. The van der Waals surface area contributed by atoms with Crippen LogP contribution in [0.1, 0.15) is 12.8 Å². The lowest BCUT2D eigenvalue weighted by atomic mass is 10.1. The zero-order chi connectivity index (χ0) is 18.6. The molecule has 0 aromatic heterocycles. The topological polar surface area (TPSA) is 61.9 Å². The average molecular weight is 367 g/mol. The van der Waals surface area contributed by atoms with Gasteiger partial charge < -0.3 is 15.0 Å². The van der Waals surface area contributed by atoms with Gasteiger partial charge in [-0.1, -0.05) is 36.4 Å². The summed E-state index contributed by atoms with van der Waals surface area (Å²) in [4.78, 5) is 28.9. The molecular weight excluding hydrogens is 342 g/mol. The van der Waals surface area contributed by atoms with Crippen LogP contribution in [0.25, 0.3) is 10.8 Å². The maximum absolute atomic E-state index is 12.5.